The van der Waals surface area contributed by atoms with Crippen LogP contribution in [0.5, 0.6) is 0 Å². The molecule has 0 radical (unpaired) electrons. The van der Waals surface area contributed by atoms with Gasteiger partial charge in [0.25, 0.3) is 0 Å². The van der Waals surface area contributed by atoms with Gasteiger partial charge in [0.15, 0.2) is 0 Å². The minimum absolute atomic E-state index is 0.106. The number of nitrogens with one attached hydrogen (secondary N) is 1. The summed E-state index contributed by atoms with van der Waals surface area (Å²) in [6.45, 7) is 2.17. The number of hydrogen-bond acceptors (Lipinski definition) is 5. The number of hydrogen-bond donors (Lipinski definition) is 2. The van der Waals surface area contributed by atoms with E-state index in [2.05, 4.69) is 33.3 Å². The lowest BCUT2D eigenvalue weighted by molar-refractivity contribution is 0.206. The smallest absolute Gasteiger partial charge is 0.227 e. The zero-order chi connectivity index (χ0) is 19.0. The molecule has 7 heteroatoms. The summed E-state index contributed by atoms with van der Waals surface area (Å²) in [6, 6.07) is 9.25. The molecule has 1 atom stereocenters. The van der Waals surface area contributed by atoms with E-state index in [4.69, 9.17) is 23.2 Å². The molecule has 0 saturated carbocycles. The van der Waals surface area contributed by atoms with Gasteiger partial charge in [-0.2, -0.15) is 0 Å². The van der Waals surface area contributed by atoms with Crippen molar-refractivity contribution >= 4 is 34.8 Å². The third-order valence-electron chi connectivity index (χ3n) is 5.03. The molecular weight excluding hydrogens is 383 g/mol. The molecular formula is C20H18Cl2N4O. The highest BCUT2D eigenvalue weighted by Crippen LogP contribution is 2.39. The molecule has 0 aliphatic heterocycles. The van der Waals surface area contributed by atoms with Crippen molar-refractivity contribution in [3.05, 3.63) is 64.0 Å². The van der Waals surface area contributed by atoms with Crippen LogP contribution < -0.4 is 5.32 Å². The Kier molecular flexibility index (Phi) is 4.76. The number of anilines is 2. The van der Waals surface area contributed by atoms with Gasteiger partial charge in [0, 0.05) is 29.1 Å². The fourth-order valence-corrected chi connectivity index (χ4v) is 3.70. The highest BCUT2D eigenvalue weighted by atomic mass is 35.5. The molecule has 2 heterocycles. The highest BCUT2D eigenvalue weighted by Gasteiger charge is 2.34. The van der Waals surface area contributed by atoms with E-state index in [-0.39, 0.29) is 12.0 Å². The number of aliphatic hydroxyl groups is 1. The maximum Gasteiger partial charge on any atom is 0.227 e. The maximum absolute atomic E-state index is 9.80. The number of nitrogens with zero attached hydrogens (tertiary/aromatic N) is 3. The summed E-state index contributed by atoms with van der Waals surface area (Å²) < 4.78 is 0. The normalized spacial score (nSPS) is 18.4. The van der Waals surface area contributed by atoms with Crippen LogP contribution in [-0.4, -0.2) is 26.7 Å². The number of aromatic nitrogens is 3. The summed E-state index contributed by atoms with van der Waals surface area (Å²) in [5.74, 6) is 0.419. The molecule has 0 amide bonds. The Morgan fingerprint density at radius 1 is 1.22 bits per heavy atom. The summed E-state index contributed by atoms with van der Waals surface area (Å²) in [5.41, 5.74) is 4.16. The molecule has 2 N–H and O–H groups in total. The van der Waals surface area contributed by atoms with Crippen LogP contribution in [0.25, 0.3) is 11.3 Å². The largest absolute Gasteiger partial charge is 0.395 e. The number of benzene rings is 1. The maximum atomic E-state index is 9.80. The van der Waals surface area contributed by atoms with E-state index in [1.165, 1.54) is 0 Å². The Morgan fingerprint density at radius 2 is 2.07 bits per heavy atom. The Morgan fingerprint density at radius 3 is 2.89 bits per heavy atom. The van der Waals surface area contributed by atoms with Crippen LogP contribution >= 0.6 is 23.2 Å². The number of aliphatic hydroxyl groups excluding tert-OH is 1. The lowest BCUT2D eigenvalue weighted by Crippen LogP contribution is -2.23. The molecule has 138 valence electrons. The van der Waals surface area contributed by atoms with Crippen LogP contribution in [0.15, 0.2) is 42.7 Å². The Bertz CT molecular complexity index is 1010. The van der Waals surface area contributed by atoms with Gasteiger partial charge in [-0.1, -0.05) is 36.2 Å². The van der Waals surface area contributed by atoms with E-state index in [1.807, 2.05) is 18.3 Å². The van der Waals surface area contributed by atoms with E-state index in [9.17, 15) is 5.11 Å². The van der Waals surface area contributed by atoms with Crippen molar-refractivity contribution in [3.8, 4) is 11.3 Å². The van der Waals surface area contributed by atoms with Crippen LogP contribution in [0.4, 0.5) is 11.6 Å². The van der Waals surface area contributed by atoms with Gasteiger partial charge in [-0.05, 0) is 42.7 Å². The summed E-state index contributed by atoms with van der Waals surface area (Å²) in [5, 5.41) is 13.8. The average Bonchev–Trinajstić information content (AvgIpc) is 3.03. The van der Waals surface area contributed by atoms with Gasteiger partial charge >= 0.3 is 0 Å². The quantitative estimate of drug-likeness (QED) is 0.658. The summed E-state index contributed by atoms with van der Waals surface area (Å²) >= 11 is 12.3. The predicted octanol–water partition coefficient (Wildman–Crippen LogP) is 4.79. The zero-order valence-corrected chi connectivity index (χ0v) is 16.2. The van der Waals surface area contributed by atoms with E-state index in [0.29, 0.717) is 21.7 Å². The Balaban J connectivity index is 1.68. The van der Waals surface area contributed by atoms with Gasteiger partial charge in [0.2, 0.25) is 5.95 Å². The third-order valence-corrected chi connectivity index (χ3v) is 5.85. The second kappa shape index (κ2) is 7.08. The minimum atomic E-state index is -0.249. The van der Waals surface area contributed by atoms with Crippen molar-refractivity contribution in [2.24, 2.45) is 0 Å². The van der Waals surface area contributed by atoms with E-state index in [0.717, 1.165) is 35.4 Å². The van der Waals surface area contributed by atoms with Crippen LogP contribution in [0.2, 0.25) is 10.0 Å². The molecule has 4 rings (SSSR count). The van der Waals surface area contributed by atoms with Crippen LogP contribution in [0.3, 0.4) is 0 Å². The average molecular weight is 401 g/mol. The zero-order valence-electron chi connectivity index (χ0n) is 14.7. The van der Waals surface area contributed by atoms with Crippen molar-refractivity contribution in [2.45, 2.75) is 25.2 Å². The molecule has 0 fully saturated rings. The Hall–Kier alpha value is -2.21. The first-order valence-electron chi connectivity index (χ1n) is 8.65. The first-order valence-corrected chi connectivity index (χ1v) is 9.40. The fourth-order valence-electron chi connectivity index (χ4n) is 3.35. The molecule has 0 saturated heterocycles. The molecule has 27 heavy (non-hydrogen) atoms. The van der Waals surface area contributed by atoms with E-state index in [1.54, 1.807) is 18.3 Å². The van der Waals surface area contributed by atoms with Gasteiger partial charge in [0.1, 0.15) is 0 Å². The molecule has 1 aromatic carbocycles. The first kappa shape index (κ1) is 18.2. The second-order valence-electron chi connectivity index (χ2n) is 6.93. The van der Waals surface area contributed by atoms with Gasteiger partial charge < -0.3 is 10.4 Å². The van der Waals surface area contributed by atoms with E-state index < -0.39 is 0 Å². The highest BCUT2D eigenvalue weighted by molar-refractivity contribution is 6.43. The minimum Gasteiger partial charge on any atom is -0.395 e. The molecule has 5 nitrogen and oxygen atoms in total. The monoisotopic (exact) mass is 400 g/mol. The predicted molar refractivity (Wildman–Crippen MR) is 108 cm³/mol. The molecule has 1 aliphatic carbocycles. The van der Waals surface area contributed by atoms with Crippen molar-refractivity contribution < 1.29 is 5.11 Å². The molecule has 1 unspecified atom stereocenters. The molecule has 0 bridgehead atoms. The van der Waals surface area contributed by atoms with Crippen molar-refractivity contribution in [1.82, 2.24) is 15.0 Å². The molecule has 0 spiro atoms. The number of rotatable bonds is 4. The van der Waals surface area contributed by atoms with Crippen LogP contribution in [0.1, 0.15) is 24.6 Å². The van der Waals surface area contributed by atoms with E-state index >= 15 is 0 Å². The number of fused-ring (bicyclic) bond motifs is 1. The standard InChI is InChI=1S/C20H18Cl2N4O/c1-20(11-27)7-5-16-13(20)9-12(10-24-16)15-6-8-23-19(25-15)26-17-4-2-3-14(21)18(17)22/h2-4,6,8-10,27H,5,7,11H2,1H3,(H,23,25,26). The Labute approximate surface area is 167 Å². The van der Waals surface area contributed by atoms with Crippen LogP contribution in [-0.2, 0) is 11.8 Å². The summed E-state index contributed by atoms with van der Waals surface area (Å²) in [4.78, 5) is 13.4. The van der Waals surface area contributed by atoms with Crippen molar-refractivity contribution in [2.75, 3.05) is 11.9 Å². The number of pyridine rings is 1. The van der Waals surface area contributed by atoms with Crippen molar-refractivity contribution in [1.29, 1.82) is 0 Å². The van der Waals surface area contributed by atoms with Gasteiger partial charge in [-0.25, -0.2) is 9.97 Å². The first-order chi connectivity index (χ1) is 13.0. The molecule has 3 aromatic rings. The SMILES string of the molecule is CC1(CO)CCc2ncc(-c3ccnc(Nc4cccc(Cl)c4Cl)n3)cc21. The third kappa shape index (κ3) is 3.38. The summed E-state index contributed by atoms with van der Waals surface area (Å²) in [7, 11) is 0. The lowest BCUT2D eigenvalue weighted by Gasteiger charge is -2.22. The topological polar surface area (TPSA) is 70.9 Å². The number of halogens is 2. The fraction of sp³-hybridized carbons (Fsp3) is 0.250. The molecule has 1 aliphatic rings. The van der Waals surface area contributed by atoms with Gasteiger partial charge in [-0.15, -0.1) is 0 Å². The number of aryl methyl sites for hydroxylation is 1. The molecule has 2 aromatic heterocycles. The summed E-state index contributed by atoms with van der Waals surface area (Å²) in [6.07, 6.45) is 5.29. The van der Waals surface area contributed by atoms with Gasteiger partial charge in [-0.3, -0.25) is 4.98 Å². The second-order valence-corrected chi connectivity index (χ2v) is 7.71. The van der Waals surface area contributed by atoms with Crippen LogP contribution in [0, 0.1) is 0 Å². The lowest BCUT2D eigenvalue weighted by atomic mass is 9.85. The van der Waals surface area contributed by atoms with Gasteiger partial charge in [0.05, 0.1) is 28.0 Å². The van der Waals surface area contributed by atoms with Crippen molar-refractivity contribution in [3.63, 3.8) is 0 Å².